The lowest BCUT2D eigenvalue weighted by molar-refractivity contribution is -0.125. The van der Waals surface area contributed by atoms with E-state index in [1.807, 2.05) is 24.3 Å². The average Bonchev–Trinajstić information content (AvgIpc) is 3.31. The highest BCUT2D eigenvalue weighted by Crippen LogP contribution is 2.25. The number of nitrogens with zero attached hydrogens (tertiary/aromatic N) is 2. The Morgan fingerprint density at radius 1 is 1.18 bits per heavy atom. The standard InChI is InChI=1S/C20H17Cl2N3O2S/c21-13-8-12(9-14(22)10-13)20(27)25-7-3-5-16(25)19(26)23-11-18-24-15-4-1-2-6-17(15)28-18/h1-2,4,6,8-10,16H,3,5,7,11H2,(H,23,26). The lowest BCUT2D eigenvalue weighted by atomic mass is 10.1. The maximum Gasteiger partial charge on any atom is 0.254 e. The lowest BCUT2D eigenvalue weighted by Crippen LogP contribution is -2.45. The third kappa shape index (κ3) is 3.99. The van der Waals surface area contributed by atoms with Crippen LogP contribution in [0.3, 0.4) is 0 Å². The van der Waals surface area contributed by atoms with Crippen molar-refractivity contribution in [1.82, 2.24) is 15.2 Å². The lowest BCUT2D eigenvalue weighted by Gasteiger charge is -2.24. The highest BCUT2D eigenvalue weighted by molar-refractivity contribution is 7.18. The van der Waals surface area contributed by atoms with E-state index in [0.29, 0.717) is 35.1 Å². The molecular weight excluding hydrogens is 417 g/mol. The molecule has 1 atom stereocenters. The normalized spacial score (nSPS) is 16.5. The molecule has 2 amide bonds. The van der Waals surface area contributed by atoms with Gasteiger partial charge in [-0.05, 0) is 43.2 Å². The van der Waals surface area contributed by atoms with Crippen LogP contribution in [-0.2, 0) is 11.3 Å². The van der Waals surface area contributed by atoms with Crippen molar-refractivity contribution in [1.29, 1.82) is 0 Å². The van der Waals surface area contributed by atoms with E-state index in [1.54, 1.807) is 34.4 Å². The highest BCUT2D eigenvalue weighted by Gasteiger charge is 2.34. The molecular formula is C20H17Cl2N3O2S. The van der Waals surface area contributed by atoms with E-state index < -0.39 is 6.04 Å². The topological polar surface area (TPSA) is 62.3 Å². The second-order valence-electron chi connectivity index (χ2n) is 6.61. The summed E-state index contributed by atoms with van der Waals surface area (Å²) in [5.74, 6) is -0.403. The fraction of sp³-hybridized carbons (Fsp3) is 0.250. The van der Waals surface area contributed by atoms with Crippen LogP contribution in [0.1, 0.15) is 28.2 Å². The molecule has 28 heavy (non-hydrogen) atoms. The largest absolute Gasteiger partial charge is 0.348 e. The van der Waals surface area contributed by atoms with Crippen molar-refractivity contribution in [2.24, 2.45) is 0 Å². The second kappa shape index (κ2) is 8.07. The van der Waals surface area contributed by atoms with Crippen molar-refractivity contribution in [3.05, 3.63) is 63.1 Å². The Morgan fingerprint density at radius 3 is 2.68 bits per heavy atom. The first-order valence-electron chi connectivity index (χ1n) is 8.90. The van der Waals surface area contributed by atoms with Gasteiger partial charge in [0.05, 0.1) is 16.8 Å². The van der Waals surface area contributed by atoms with Crippen molar-refractivity contribution >= 4 is 56.6 Å². The predicted molar refractivity (Wildman–Crippen MR) is 112 cm³/mol. The van der Waals surface area contributed by atoms with E-state index in [9.17, 15) is 9.59 Å². The maximum atomic E-state index is 12.9. The summed E-state index contributed by atoms with van der Waals surface area (Å²) in [6.45, 7) is 0.877. The molecule has 4 rings (SSSR count). The summed E-state index contributed by atoms with van der Waals surface area (Å²) in [4.78, 5) is 31.7. The Morgan fingerprint density at radius 2 is 1.93 bits per heavy atom. The van der Waals surface area contributed by atoms with Gasteiger partial charge in [-0.1, -0.05) is 35.3 Å². The average molecular weight is 434 g/mol. The van der Waals surface area contributed by atoms with Gasteiger partial charge in [0.15, 0.2) is 0 Å². The molecule has 1 fully saturated rings. The van der Waals surface area contributed by atoms with E-state index in [4.69, 9.17) is 23.2 Å². The van der Waals surface area contributed by atoms with Gasteiger partial charge >= 0.3 is 0 Å². The maximum absolute atomic E-state index is 12.9. The Kier molecular flexibility index (Phi) is 5.53. The smallest absolute Gasteiger partial charge is 0.254 e. The summed E-state index contributed by atoms with van der Waals surface area (Å²) < 4.78 is 1.09. The van der Waals surface area contributed by atoms with Crippen LogP contribution in [-0.4, -0.2) is 34.3 Å². The molecule has 5 nitrogen and oxygen atoms in total. The molecule has 1 aliphatic rings. The molecule has 0 aliphatic carbocycles. The van der Waals surface area contributed by atoms with E-state index >= 15 is 0 Å². The number of hydrogen-bond donors (Lipinski definition) is 1. The van der Waals surface area contributed by atoms with Crippen LogP contribution < -0.4 is 5.32 Å². The molecule has 1 unspecified atom stereocenters. The highest BCUT2D eigenvalue weighted by atomic mass is 35.5. The molecule has 0 radical (unpaired) electrons. The Bertz CT molecular complexity index is 1000. The van der Waals surface area contributed by atoms with Gasteiger partial charge in [0.1, 0.15) is 11.0 Å². The molecule has 1 saturated heterocycles. The van der Waals surface area contributed by atoms with E-state index in [-0.39, 0.29) is 11.8 Å². The number of carbonyl (C=O) groups excluding carboxylic acids is 2. The van der Waals surface area contributed by atoms with E-state index in [2.05, 4.69) is 10.3 Å². The van der Waals surface area contributed by atoms with Gasteiger partial charge < -0.3 is 10.2 Å². The van der Waals surface area contributed by atoms with Gasteiger partial charge in [-0.3, -0.25) is 9.59 Å². The molecule has 144 valence electrons. The third-order valence-corrected chi connectivity index (χ3v) is 6.15. The summed E-state index contributed by atoms with van der Waals surface area (Å²) in [5, 5.41) is 4.55. The van der Waals surface area contributed by atoms with E-state index in [1.165, 1.54) is 0 Å². The van der Waals surface area contributed by atoms with Gasteiger partial charge in [0.25, 0.3) is 5.91 Å². The summed E-state index contributed by atoms with van der Waals surface area (Å²) in [6.07, 6.45) is 1.41. The SMILES string of the molecule is O=C(NCc1nc2ccccc2s1)C1CCCN1C(=O)c1cc(Cl)cc(Cl)c1. The number of rotatable bonds is 4. The molecule has 0 spiro atoms. The number of aromatic nitrogens is 1. The van der Waals surface area contributed by atoms with Crippen LogP contribution in [0, 0.1) is 0 Å². The number of fused-ring (bicyclic) bond motifs is 1. The van der Waals surface area contributed by atoms with Crippen molar-refractivity contribution < 1.29 is 9.59 Å². The van der Waals surface area contributed by atoms with Crippen LogP contribution in [0.15, 0.2) is 42.5 Å². The fourth-order valence-corrected chi connectivity index (χ4v) is 4.83. The third-order valence-electron chi connectivity index (χ3n) is 4.68. The number of amides is 2. The zero-order chi connectivity index (χ0) is 19.7. The predicted octanol–water partition coefficient (Wildman–Crippen LogP) is 4.52. The summed E-state index contributed by atoms with van der Waals surface area (Å²) in [7, 11) is 0. The van der Waals surface area contributed by atoms with Crippen molar-refractivity contribution in [3.63, 3.8) is 0 Å². The van der Waals surface area contributed by atoms with Crippen LogP contribution in [0.25, 0.3) is 10.2 Å². The molecule has 2 aromatic carbocycles. The fourth-order valence-electron chi connectivity index (χ4n) is 3.40. The Balaban J connectivity index is 1.44. The molecule has 2 heterocycles. The number of carbonyl (C=O) groups is 2. The van der Waals surface area contributed by atoms with Gasteiger partial charge in [-0.15, -0.1) is 11.3 Å². The quantitative estimate of drug-likeness (QED) is 0.657. The number of hydrogen-bond acceptors (Lipinski definition) is 4. The van der Waals surface area contributed by atoms with Crippen molar-refractivity contribution in [2.45, 2.75) is 25.4 Å². The summed E-state index contributed by atoms with van der Waals surface area (Å²) >= 11 is 13.6. The summed E-state index contributed by atoms with van der Waals surface area (Å²) in [5.41, 5.74) is 1.32. The van der Waals surface area contributed by atoms with Crippen LogP contribution in [0.4, 0.5) is 0 Å². The zero-order valence-electron chi connectivity index (χ0n) is 14.8. The number of nitrogens with one attached hydrogen (secondary N) is 1. The number of thiazole rings is 1. The van der Waals surface area contributed by atoms with Crippen LogP contribution >= 0.6 is 34.5 Å². The van der Waals surface area contributed by atoms with E-state index in [0.717, 1.165) is 21.6 Å². The molecule has 1 aromatic heterocycles. The minimum atomic E-state index is -0.500. The zero-order valence-corrected chi connectivity index (χ0v) is 17.2. The molecule has 8 heteroatoms. The first-order valence-corrected chi connectivity index (χ1v) is 10.5. The second-order valence-corrected chi connectivity index (χ2v) is 8.60. The van der Waals surface area contributed by atoms with Crippen LogP contribution in [0.2, 0.25) is 10.0 Å². The van der Waals surface area contributed by atoms with Crippen LogP contribution in [0.5, 0.6) is 0 Å². The first kappa shape index (κ1) is 19.2. The monoisotopic (exact) mass is 433 g/mol. The Hall–Kier alpha value is -2.15. The van der Waals surface area contributed by atoms with Gasteiger partial charge in [-0.2, -0.15) is 0 Å². The van der Waals surface area contributed by atoms with Gasteiger partial charge in [-0.25, -0.2) is 4.98 Å². The number of benzene rings is 2. The molecule has 1 aliphatic heterocycles. The first-order chi connectivity index (χ1) is 13.5. The Labute approximate surface area is 176 Å². The minimum absolute atomic E-state index is 0.168. The number of para-hydroxylation sites is 1. The van der Waals surface area contributed by atoms with Crippen molar-refractivity contribution in [3.8, 4) is 0 Å². The van der Waals surface area contributed by atoms with Gasteiger partial charge in [0, 0.05) is 22.2 Å². The minimum Gasteiger partial charge on any atom is -0.348 e. The number of halogens is 2. The number of likely N-dealkylation sites (tertiary alicyclic amines) is 1. The molecule has 3 aromatic rings. The van der Waals surface area contributed by atoms with Crippen molar-refractivity contribution in [2.75, 3.05) is 6.54 Å². The molecule has 0 bridgehead atoms. The molecule has 0 saturated carbocycles. The summed E-state index contributed by atoms with van der Waals surface area (Å²) in [6, 6.07) is 12.1. The van der Waals surface area contributed by atoms with Gasteiger partial charge in [0.2, 0.25) is 5.91 Å². The molecule has 1 N–H and O–H groups in total.